The Morgan fingerprint density at radius 3 is 2.40 bits per heavy atom. The summed E-state index contributed by atoms with van der Waals surface area (Å²) in [5.41, 5.74) is 9.71. The van der Waals surface area contributed by atoms with E-state index in [1.165, 1.54) is 5.56 Å². The van der Waals surface area contributed by atoms with Crippen LogP contribution in [0.15, 0.2) is 46.9 Å². The number of hydrogen-bond acceptors (Lipinski definition) is 2. The molecule has 2 rings (SSSR count). The lowest BCUT2D eigenvalue weighted by atomic mass is 9.98. The van der Waals surface area contributed by atoms with E-state index in [1.807, 2.05) is 38.1 Å². The minimum Gasteiger partial charge on any atom is -0.491 e. The first-order valence-electron chi connectivity index (χ1n) is 6.76. The lowest BCUT2D eigenvalue weighted by molar-refractivity contribution is 0.239. The van der Waals surface area contributed by atoms with Crippen LogP contribution >= 0.6 is 15.9 Å². The summed E-state index contributed by atoms with van der Waals surface area (Å²) in [7, 11) is 0. The molecule has 0 saturated heterocycles. The van der Waals surface area contributed by atoms with Gasteiger partial charge in [-0.05, 0) is 44.0 Å². The summed E-state index contributed by atoms with van der Waals surface area (Å²) in [5.74, 6) is 0.850. The molecule has 20 heavy (non-hydrogen) atoms. The van der Waals surface area contributed by atoms with Crippen LogP contribution in [-0.4, -0.2) is 6.10 Å². The van der Waals surface area contributed by atoms with E-state index in [2.05, 4.69) is 41.1 Å². The summed E-state index contributed by atoms with van der Waals surface area (Å²) in [6.07, 6.45) is 0.129. The average Bonchev–Trinajstić information content (AvgIpc) is 2.38. The first-order chi connectivity index (χ1) is 9.49. The minimum absolute atomic E-state index is 0.129. The molecule has 0 aliphatic heterocycles. The maximum atomic E-state index is 6.43. The molecular formula is C17H20BrNO. The summed E-state index contributed by atoms with van der Waals surface area (Å²) in [6.45, 7) is 6.10. The number of para-hydroxylation sites is 1. The molecule has 1 unspecified atom stereocenters. The average molecular weight is 334 g/mol. The van der Waals surface area contributed by atoms with E-state index >= 15 is 0 Å². The molecule has 0 heterocycles. The SMILES string of the molecule is Cc1ccc(C(N)c2ccccc2OC(C)C)c(Br)c1. The zero-order chi connectivity index (χ0) is 14.7. The summed E-state index contributed by atoms with van der Waals surface area (Å²) in [6, 6.07) is 14.0. The molecule has 0 spiro atoms. The van der Waals surface area contributed by atoms with Crippen LogP contribution in [0.3, 0.4) is 0 Å². The zero-order valence-corrected chi connectivity index (χ0v) is 13.6. The number of hydrogen-bond donors (Lipinski definition) is 1. The lowest BCUT2D eigenvalue weighted by Crippen LogP contribution is -2.16. The molecular weight excluding hydrogens is 314 g/mol. The van der Waals surface area contributed by atoms with Crippen molar-refractivity contribution in [3.05, 3.63) is 63.6 Å². The fourth-order valence-corrected chi connectivity index (χ4v) is 2.89. The van der Waals surface area contributed by atoms with Crippen molar-refractivity contribution in [2.24, 2.45) is 5.73 Å². The molecule has 2 aromatic rings. The third-order valence-electron chi connectivity index (χ3n) is 3.11. The summed E-state index contributed by atoms with van der Waals surface area (Å²) in [5, 5.41) is 0. The maximum Gasteiger partial charge on any atom is 0.124 e. The molecule has 0 radical (unpaired) electrons. The van der Waals surface area contributed by atoms with Gasteiger partial charge in [0.15, 0.2) is 0 Å². The molecule has 0 aromatic heterocycles. The van der Waals surface area contributed by atoms with Gasteiger partial charge in [-0.3, -0.25) is 0 Å². The Labute approximate surface area is 129 Å². The van der Waals surface area contributed by atoms with Crippen LogP contribution in [0.1, 0.15) is 36.6 Å². The number of rotatable bonds is 4. The van der Waals surface area contributed by atoms with Crippen LogP contribution < -0.4 is 10.5 Å². The largest absolute Gasteiger partial charge is 0.491 e. The Kier molecular flexibility index (Phi) is 4.84. The highest BCUT2D eigenvalue weighted by molar-refractivity contribution is 9.10. The highest BCUT2D eigenvalue weighted by atomic mass is 79.9. The Bertz CT molecular complexity index is 595. The van der Waals surface area contributed by atoms with Crippen LogP contribution in [0.2, 0.25) is 0 Å². The lowest BCUT2D eigenvalue weighted by Gasteiger charge is -2.20. The predicted octanol–water partition coefficient (Wildman–Crippen LogP) is 4.59. The van der Waals surface area contributed by atoms with Crippen molar-refractivity contribution in [1.29, 1.82) is 0 Å². The first-order valence-corrected chi connectivity index (χ1v) is 7.55. The third kappa shape index (κ3) is 3.41. The second-order valence-corrected chi connectivity index (χ2v) is 6.06. The van der Waals surface area contributed by atoms with E-state index in [0.717, 1.165) is 21.3 Å². The predicted molar refractivity (Wildman–Crippen MR) is 87.1 cm³/mol. The van der Waals surface area contributed by atoms with Gasteiger partial charge >= 0.3 is 0 Å². The molecule has 0 aliphatic carbocycles. The van der Waals surface area contributed by atoms with E-state index in [9.17, 15) is 0 Å². The summed E-state index contributed by atoms with van der Waals surface area (Å²) in [4.78, 5) is 0. The van der Waals surface area contributed by atoms with Crippen LogP contribution in [0, 0.1) is 6.92 Å². The van der Waals surface area contributed by atoms with Gasteiger partial charge in [0.05, 0.1) is 12.1 Å². The number of halogens is 1. The minimum atomic E-state index is -0.208. The summed E-state index contributed by atoms with van der Waals surface area (Å²) < 4.78 is 6.89. The van der Waals surface area contributed by atoms with Gasteiger partial charge in [0.25, 0.3) is 0 Å². The number of nitrogens with two attached hydrogens (primary N) is 1. The van der Waals surface area contributed by atoms with Crippen molar-refractivity contribution in [2.45, 2.75) is 32.9 Å². The highest BCUT2D eigenvalue weighted by Gasteiger charge is 2.17. The molecule has 3 heteroatoms. The third-order valence-corrected chi connectivity index (χ3v) is 3.79. The molecule has 0 amide bonds. The van der Waals surface area contributed by atoms with Gasteiger partial charge in [0.1, 0.15) is 5.75 Å². The van der Waals surface area contributed by atoms with Gasteiger partial charge < -0.3 is 10.5 Å². The number of ether oxygens (including phenoxy) is 1. The van der Waals surface area contributed by atoms with E-state index in [1.54, 1.807) is 0 Å². The van der Waals surface area contributed by atoms with E-state index in [-0.39, 0.29) is 12.1 Å². The summed E-state index contributed by atoms with van der Waals surface area (Å²) >= 11 is 3.60. The Morgan fingerprint density at radius 1 is 1.05 bits per heavy atom. The smallest absolute Gasteiger partial charge is 0.124 e. The Morgan fingerprint density at radius 2 is 1.75 bits per heavy atom. The number of aryl methyl sites for hydroxylation is 1. The quantitative estimate of drug-likeness (QED) is 0.887. The molecule has 0 saturated carbocycles. The molecule has 2 N–H and O–H groups in total. The van der Waals surface area contributed by atoms with Crippen molar-refractivity contribution in [3.63, 3.8) is 0 Å². The van der Waals surface area contributed by atoms with Gasteiger partial charge in [0, 0.05) is 10.0 Å². The van der Waals surface area contributed by atoms with Crippen molar-refractivity contribution < 1.29 is 4.74 Å². The fourth-order valence-electron chi connectivity index (χ4n) is 2.15. The monoisotopic (exact) mass is 333 g/mol. The normalized spacial score (nSPS) is 12.5. The van der Waals surface area contributed by atoms with Gasteiger partial charge in [-0.15, -0.1) is 0 Å². The van der Waals surface area contributed by atoms with Crippen LogP contribution in [0.25, 0.3) is 0 Å². The standard InChI is InChI=1S/C17H20BrNO/c1-11(2)20-16-7-5-4-6-14(16)17(19)13-9-8-12(3)10-15(13)18/h4-11,17H,19H2,1-3H3. The second kappa shape index (κ2) is 6.42. The molecule has 2 aromatic carbocycles. The van der Waals surface area contributed by atoms with Crippen molar-refractivity contribution in [3.8, 4) is 5.75 Å². The van der Waals surface area contributed by atoms with Crippen molar-refractivity contribution in [1.82, 2.24) is 0 Å². The Hall–Kier alpha value is -1.32. The van der Waals surface area contributed by atoms with E-state index in [4.69, 9.17) is 10.5 Å². The first kappa shape index (κ1) is 15.1. The van der Waals surface area contributed by atoms with E-state index < -0.39 is 0 Å². The van der Waals surface area contributed by atoms with Crippen LogP contribution in [-0.2, 0) is 0 Å². The van der Waals surface area contributed by atoms with Crippen LogP contribution in [0.4, 0.5) is 0 Å². The van der Waals surface area contributed by atoms with Crippen molar-refractivity contribution in [2.75, 3.05) is 0 Å². The van der Waals surface area contributed by atoms with Crippen molar-refractivity contribution >= 4 is 15.9 Å². The molecule has 1 atom stereocenters. The van der Waals surface area contributed by atoms with Gasteiger partial charge in [-0.1, -0.05) is 46.3 Å². The maximum absolute atomic E-state index is 6.43. The van der Waals surface area contributed by atoms with Gasteiger partial charge in [-0.2, -0.15) is 0 Å². The van der Waals surface area contributed by atoms with Gasteiger partial charge in [0.2, 0.25) is 0 Å². The molecule has 0 bridgehead atoms. The Balaban J connectivity index is 2.40. The fraction of sp³-hybridized carbons (Fsp3) is 0.294. The number of benzene rings is 2. The molecule has 0 aliphatic rings. The topological polar surface area (TPSA) is 35.2 Å². The van der Waals surface area contributed by atoms with Crippen LogP contribution in [0.5, 0.6) is 5.75 Å². The highest BCUT2D eigenvalue weighted by Crippen LogP contribution is 2.32. The second-order valence-electron chi connectivity index (χ2n) is 5.21. The molecule has 0 fully saturated rings. The van der Waals surface area contributed by atoms with E-state index in [0.29, 0.717) is 0 Å². The zero-order valence-electron chi connectivity index (χ0n) is 12.1. The van der Waals surface area contributed by atoms with Gasteiger partial charge in [-0.25, -0.2) is 0 Å². The molecule has 2 nitrogen and oxygen atoms in total. The molecule has 106 valence electrons.